The average molecular weight is 596 g/mol. The van der Waals surface area contributed by atoms with E-state index >= 15 is 0 Å². The van der Waals surface area contributed by atoms with Crippen LogP contribution in [0.25, 0.3) is 38.5 Å². The van der Waals surface area contributed by atoms with Crippen molar-refractivity contribution < 1.29 is 22.3 Å². The second-order valence-electron chi connectivity index (χ2n) is 10.2. The molecule has 0 bridgehead atoms. The summed E-state index contributed by atoms with van der Waals surface area (Å²) >= 11 is 1.72. The van der Waals surface area contributed by atoms with Gasteiger partial charge in [-0.2, -0.15) is 13.0 Å². The summed E-state index contributed by atoms with van der Waals surface area (Å²) < 4.78 is 42.6. The van der Waals surface area contributed by atoms with Gasteiger partial charge in [0.25, 0.3) is 15.1 Å². The normalized spacial score (nSPS) is 14.4. The number of nitrogens with zero attached hydrogens (tertiary/aromatic N) is 2. The first-order valence-electron chi connectivity index (χ1n) is 13.8. The van der Waals surface area contributed by atoms with Crippen LogP contribution in [0.1, 0.15) is 18.4 Å². The maximum atomic E-state index is 11.7. The van der Waals surface area contributed by atoms with Gasteiger partial charge >= 0.3 is 0 Å². The molecule has 0 aliphatic carbocycles. The van der Waals surface area contributed by atoms with Gasteiger partial charge in [0, 0.05) is 24.8 Å². The van der Waals surface area contributed by atoms with E-state index in [1.54, 1.807) is 11.3 Å². The van der Waals surface area contributed by atoms with Gasteiger partial charge in [0.2, 0.25) is 11.4 Å². The van der Waals surface area contributed by atoms with Gasteiger partial charge in [-0.1, -0.05) is 91.1 Å². The molecule has 1 aromatic heterocycles. The van der Waals surface area contributed by atoms with Gasteiger partial charge in [0.15, 0.2) is 5.75 Å². The molecule has 0 amide bonds. The third-order valence-corrected chi connectivity index (χ3v) is 9.27. The Morgan fingerprint density at radius 2 is 1.55 bits per heavy atom. The molecule has 8 heteroatoms. The molecule has 0 atom stereocenters. The molecule has 6 nitrogen and oxygen atoms in total. The molecule has 1 aliphatic rings. The molecular formula is C34H31N2O4S2+. The minimum atomic E-state index is -4.17. The molecule has 0 saturated carbocycles. The Labute approximate surface area is 250 Å². The van der Waals surface area contributed by atoms with Gasteiger partial charge in [-0.25, -0.2) is 0 Å². The number of thiazole rings is 1. The van der Waals surface area contributed by atoms with Crippen LogP contribution in [-0.4, -0.2) is 25.3 Å². The summed E-state index contributed by atoms with van der Waals surface area (Å²) in [5.74, 6) is 0.762. The van der Waals surface area contributed by atoms with Gasteiger partial charge in [-0.15, -0.1) is 0 Å². The van der Waals surface area contributed by atoms with Crippen molar-refractivity contribution in [2.24, 2.45) is 7.05 Å². The molecule has 0 saturated heterocycles. The molecule has 4 aromatic carbocycles. The zero-order chi connectivity index (χ0) is 29.3. The zero-order valence-corrected chi connectivity index (χ0v) is 25.0. The van der Waals surface area contributed by atoms with Crippen molar-refractivity contribution in [2.45, 2.75) is 13.3 Å². The van der Waals surface area contributed by atoms with E-state index in [4.69, 9.17) is 4.74 Å². The van der Waals surface area contributed by atoms with Crippen LogP contribution < -0.4 is 14.2 Å². The number of hydrogen-bond donors (Lipinski definition) is 1. The second-order valence-corrected chi connectivity index (χ2v) is 12.8. The highest BCUT2D eigenvalue weighted by atomic mass is 32.2. The zero-order valence-electron chi connectivity index (χ0n) is 23.4. The highest BCUT2D eigenvalue weighted by Gasteiger charge is 2.28. The van der Waals surface area contributed by atoms with Crippen LogP contribution in [0.2, 0.25) is 0 Å². The third kappa shape index (κ3) is 5.87. The van der Waals surface area contributed by atoms with Crippen molar-refractivity contribution in [1.82, 2.24) is 0 Å². The molecule has 1 N–H and O–H groups in total. The lowest BCUT2D eigenvalue weighted by Crippen LogP contribution is -2.29. The Morgan fingerprint density at radius 1 is 0.905 bits per heavy atom. The van der Waals surface area contributed by atoms with E-state index in [0.717, 1.165) is 39.3 Å². The van der Waals surface area contributed by atoms with Gasteiger partial charge in [-0.3, -0.25) is 4.55 Å². The van der Waals surface area contributed by atoms with Crippen LogP contribution in [-0.2, 0) is 17.2 Å². The molecule has 2 heterocycles. The number of benzene rings is 4. The van der Waals surface area contributed by atoms with Gasteiger partial charge < -0.3 is 9.64 Å². The van der Waals surface area contributed by atoms with Crippen molar-refractivity contribution in [2.75, 3.05) is 17.2 Å². The lowest BCUT2D eigenvalue weighted by atomic mass is 10.0. The van der Waals surface area contributed by atoms with Crippen LogP contribution in [0.15, 0.2) is 115 Å². The number of aromatic nitrogens is 1. The fourth-order valence-corrected chi connectivity index (χ4v) is 6.64. The van der Waals surface area contributed by atoms with Gasteiger partial charge in [0.1, 0.15) is 11.7 Å². The largest absolute Gasteiger partial charge is 0.439 e. The maximum Gasteiger partial charge on any atom is 0.266 e. The van der Waals surface area contributed by atoms with Crippen molar-refractivity contribution in [1.29, 1.82) is 0 Å². The number of allylic oxidation sites excluding steroid dienone is 2. The molecule has 5 aromatic rings. The van der Waals surface area contributed by atoms with E-state index < -0.39 is 15.9 Å². The molecule has 6 rings (SSSR count). The summed E-state index contributed by atoms with van der Waals surface area (Å²) in [5, 5.41) is 1.09. The number of fused-ring (bicyclic) bond motifs is 2. The Morgan fingerprint density at radius 3 is 2.19 bits per heavy atom. The first-order chi connectivity index (χ1) is 20.3. The van der Waals surface area contributed by atoms with Crippen LogP contribution in [0, 0.1) is 0 Å². The number of rotatable bonds is 8. The summed E-state index contributed by atoms with van der Waals surface area (Å²) in [4.78, 5) is 1.83. The summed E-state index contributed by atoms with van der Waals surface area (Å²) in [7, 11) is -2.09. The highest BCUT2D eigenvalue weighted by molar-refractivity contribution is 7.85. The topological polar surface area (TPSA) is 70.7 Å². The third-order valence-electron chi connectivity index (χ3n) is 7.41. The molecular weight excluding hydrogens is 565 g/mol. The van der Waals surface area contributed by atoms with E-state index in [1.807, 2.05) is 77.7 Å². The van der Waals surface area contributed by atoms with Crippen LogP contribution in [0.3, 0.4) is 0 Å². The lowest BCUT2D eigenvalue weighted by Gasteiger charge is -2.18. The lowest BCUT2D eigenvalue weighted by molar-refractivity contribution is -0.642. The number of ether oxygens (including phenoxy) is 1. The smallest absolute Gasteiger partial charge is 0.266 e. The Bertz CT molecular complexity index is 1930. The minimum absolute atomic E-state index is 0.0613. The maximum absolute atomic E-state index is 11.7. The fraction of sp³-hybridized carbons (Fsp3) is 0.147. The summed E-state index contributed by atoms with van der Waals surface area (Å²) in [6.45, 7) is 2.15. The van der Waals surface area contributed by atoms with E-state index in [2.05, 4.69) is 54.9 Å². The summed E-state index contributed by atoms with van der Waals surface area (Å²) in [5.41, 5.74) is 7.35. The SMILES string of the molecule is CCC(/C=C1\Oc2ccc(-c3ccccc3)cc2N1CCS(=O)(=O)O)=C\c1sc2ccc(-c3ccccc3)cc2[n+]1C. The van der Waals surface area contributed by atoms with Gasteiger partial charge in [0.05, 0.1) is 11.4 Å². The van der Waals surface area contributed by atoms with Crippen LogP contribution in [0.5, 0.6) is 5.75 Å². The first-order valence-corrected chi connectivity index (χ1v) is 16.2. The molecule has 212 valence electrons. The fourth-order valence-electron chi connectivity index (χ4n) is 5.12. The van der Waals surface area contributed by atoms with E-state index in [-0.39, 0.29) is 6.54 Å². The monoisotopic (exact) mass is 595 g/mol. The standard InChI is InChI=1S/C34H30N2O4S2/c1-3-24(21-34-35(2)30-23-28(15-17-32(30)41-34)26-12-8-5-9-13-26)20-33-36(18-19-42(37,38)39)29-22-27(14-16-31(29)40-33)25-10-6-4-7-11-25/h4-17,20-23H,3,18-19H2,1-2H3/p+1. The van der Waals surface area contributed by atoms with Crippen LogP contribution in [0.4, 0.5) is 5.69 Å². The van der Waals surface area contributed by atoms with E-state index in [9.17, 15) is 13.0 Å². The van der Waals surface area contributed by atoms with Crippen molar-refractivity contribution in [3.63, 3.8) is 0 Å². The summed E-state index contributed by atoms with van der Waals surface area (Å²) in [6.07, 6.45) is 4.86. The first kappa shape index (κ1) is 27.9. The Balaban J connectivity index is 1.36. The van der Waals surface area contributed by atoms with Crippen molar-refractivity contribution >= 4 is 43.4 Å². The number of aryl methyl sites for hydroxylation is 1. The summed E-state index contributed by atoms with van der Waals surface area (Å²) in [6, 6.07) is 32.8. The molecule has 42 heavy (non-hydrogen) atoms. The highest BCUT2D eigenvalue weighted by Crippen LogP contribution is 2.42. The molecule has 0 spiro atoms. The van der Waals surface area contributed by atoms with Crippen molar-refractivity contribution in [3.05, 3.63) is 120 Å². The molecule has 1 aliphatic heterocycles. The number of anilines is 1. The van der Waals surface area contributed by atoms with E-state index in [0.29, 0.717) is 11.6 Å². The molecule has 0 fully saturated rings. The van der Waals surface area contributed by atoms with Gasteiger partial charge in [-0.05, 0) is 52.4 Å². The van der Waals surface area contributed by atoms with Crippen LogP contribution >= 0.6 is 11.3 Å². The Hall–Kier alpha value is -4.24. The Kier molecular flexibility index (Phi) is 7.68. The van der Waals surface area contributed by atoms with E-state index in [1.165, 1.54) is 15.8 Å². The second kappa shape index (κ2) is 11.6. The minimum Gasteiger partial charge on any atom is -0.439 e. The van der Waals surface area contributed by atoms with Crippen molar-refractivity contribution in [3.8, 4) is 28.0 Å². The predicted molar refractivity (Wildman–Crippen MR) is 171 cm³/mol. The predicted octanol–water partition coefficient (Wildman–Crippen LogP) is 7.48. The average Bonchev–Trinajstić information content (AvgIpc) is 3.51. The number of hydrogen-bond acceptors (Lipinski definition) is 5. The molecule has 0 radical (unpaired) electrons. The molecule has 0 unspecified atom stereocenters. The quantitative estimate of drug-likeness (QED) is 0.149.